The molecule has 0 heterocycles. The lowest BCUT2D eigenvalue weighted by molar-refractivity contribution is -0.348. The van der Waals surface area contributed by atoms with Crippen molar-refractivity contribution >= 4 is 17.3 Å². The van der Waals surface area contributed by atoms with Crippen molar-refractivity contribution in [3.63, 3.8) is 0 Å². The number of nitrogens with zero attached hydrogens (tertiary/aromatic N) is 3. The average Bonchev–Trinajstić information content (AvgIpc) is 2.36. The van der Waals surface area contributed by atoms with Crippen LogP contribution in [0.5, 0.6) is 0 Å². The van der Waals surface area contributed by atoms with Crippen LogP contribution < -0.4 is 0 Å². The molecule has 0 aliphatic rings. The van der Waals surface area contributed by atoms with Crippen molar-refractivity contribution in [1.29, 1.82) is 0 Å². The highest BCUT2D eigenvalue weighted by Gasteiger charge is 2.73. The molecule has 1 aromatic rings. The maximum atomic E-state index is 13.8. The molecule has 0 radical (unpaired) electrons. The van der Waals surface area contributed by atoms with Crippen LogP contribution in [0.2, 0.25) is 5.02 Å². The first kappa shape index (κ1) is 20.2. The van der Waals surface area contributed by atoms with Crippen LogP contribution in [0, 0.1) is 0 Å². The van der Waals surface area contributed by atoms with Gasteiger partial charge in [-0.3, -0.25) is 0 Å². The third kappa shape index (κ3) is 3.31. The predicted octanol–water partition coefficient (Wildman–Crippen LogP) is 6.59. The summed E-state index contributed by atoms with van der Waals surface area (Å²) in [5, 5.41) is 1.03. The fourth-order valence-corrected chi connectivity index (χ4v) is 1.91. The van der Waals surface area contributed by atoms with Crippen LogP contribution in [0.15, 0.2) is 17.2 Å². The zero-order valence-corrected chi connectivity index (χ0v) is 11.4. The molecule has 0 saturated carbocycles. The summed E-state index contributed by atoms with van der Waals surface area (Å²) in [5.74, 6) is 0. The zero-order chi connectivity index (χ0) is 19.1. The van der Waals surface area contributed by atoms with Gasteiger partial charge >= 0.3 is 24.2 Å². The van der Waals surface area contributed by atoms with Crippen LogP contribution in [0.3, 0.4) is 0 Å². The Kier molecular flexibility index (Phi) is 4.94. The molecule has 0 aliphatic heterocycles. The van der Waals surface area contributed by atoms with Gasteiger partial charge in [0.15, 0.2) is 0 Å². The van der Waals surface area contributed by atoms with E-state index in [0.29, 0.717) is 0 Å². The highest BCUT2D eigenvalue weighted by atomic mass is 35.5. The minimum Gasteiger partial charge on any atom is -0.218 e. The minimum absolute atomic E-state index is 0.332. The summed E-state index contributed by atoms with van der Waals surface area (Å²) in [7, 11) is 0. The van der Waals surface area contributed by atoms with Crippen molar-refractivity contribution < 1.29 is 43.9 Å². The second-order valence-electron chi connectivity index (χ2n) is 4.20. The number of hydrogen-bond donors (Lipinski definition) is 0. The minimum atomic E-state index is -6.63. The first-order chi connectivity index (χ1) is 10.6. The van der Waals surface area contributed by atoms with Gasteiger partial charge < -0.3 is 0 Å². The van der Waals surface area contributed by atoms with Crippen LogP contribution in [0.25, 0.3) is 10.4 Å². The van der Waals surface area contributed by atoms with E-state index in [-0.39, 0.29) is 6.07 Å². The van der Waals surface area contributed by atoms with Gasteiger partial charge in [-0.25, -0.2) is 4.39 Å². The molecule has 0 aromatic heterocycles. The summed E-state index contributed by atoms with van der Waals surface area (Å²) < 4.78 is 128. The third-order valence-electron chi connectivity index (χ3n) is 2.69. The van der Waals surface area contributed by atoms with Gasteiger partial charge in [-0.15, -0.1) is 0 Å². The number of alkyl halides is 10. The Morgan fingerprint density at radius 2 is 1.33 bits per heavy atom. The van der Waals surface area contributed by atoms with Crippen molar-refractivity contribution in [1.82, 2.24) is 0 Å². The molecule has 24 heavy (non-hydrogen) atoms. The van der Waals surface area contributed by atoms with E-state index in [1.54, 1.807) is 0 Å². The van der Waals surface area contributed by atoms with E-state index in [1.165, 1.54) is 0 Å². The number of benzene rings is 1. The SMILES string of the molecule is [N-]=[N+]=Nc1c(Cl)cc(C(F)(C(F)(F)F)C(F)(F)F)cc1C(F)(F)F. The van der Waals surface area contributed by atoms with Gasteiger partial charge in [0.2, 0.25) is 0 Å². The molecule has 0 fully saturated rings. The standard InChI is InChI=1S/C10H2ClF10N3/c11-5-2-3(7(12,9(16,17)18)10(19,20)21)1-4(8(13,14)15)6(5)23-24-22/h1-2H. The summed E-state index contributed by atoms with van der Waals surface area (Å²) in [5.41, 5.74) is -4.18. The largest absolute Gasteiger partial charge is 0.435 e. The van der Waals surface area contributed by atoms with E-state index in [4.69, 9.17) is 17.1 Å². The van der Waals surface area contributed by atoms with Gasteiger partial charge in [0, 0.05) is 10.5 Å². The maximum absolute atomic E-state index is 13.8. The molecule has 0 amide bonds. The molecule has 1 aromatic carbocycles. The van der Waals surface area contributed by atoms with Crippen molar-refractivity contribution in [2.45, 2.75) is 24.2 Å². The Morgan fingerprint density at radius 1 is 0.875 bits per heavy atom. The van der Waals surface area contributed by atoms with Crippen LogP contribution in [-0.4, -0.2) is 12.4 Å². The lowest BCUT2D eigenvalue weighted by atomic mass is 9.92. The molecular formula is C10H2ClF10N3. The molecule has 0 bridgehead atoms. The monoisotopic (exact) mass is 389 g/mol. The molecule has 0 saturated heterocycles. The fourth-order valence-electron chi connectivity index (χ4n) is 1.65. The van der Waals surface area contributed by atoms with E-state index >= 15 is 0 Å². The molecule has 3 nitrogen and oxygen atoms in total. The molecule has 14 heteroatoms. The van der Waals surface area contributed by atoms with Crippen molar-refractivity contribution in [3.8, 4) is 0 Å². The lowest BCUT2D eigenvalue weighted by Gasteiger charge is -2.31. The Balaban J connectivity index is 3.91. The molecular weight excluding hydrogens is 388 g/mol. The maximum Gasteiger partial charge on any atom is 0.435 e. The molecule has 0 aliphatic carbocycles. The van der Waals surface area contributed by atoms with E-state index in [2.05, 4.69) is 5.11 Å². The van der Waals surface area contributed by atoms with Crippen molar-refractivity contribution in [2.24, 2.45) is 5.11 Å². The number of halogens is 11. The predicted molar refractivity (Wildman–Crippen MR) is 60.2 cm³/mol. The molecule has 1 rings (SSSR count). The van der Waals surface area contributed by atoms with Gasteiger partial charge in [-0.05, 0) is 17.7 Å². The van der Waals surface area contributed by atoms with Crippen molar-refractivity contribution in [3.05, 3.63) is 38.7 Å². The Bertz CT molecular complexity index is 670. The molecule has 134 valence electrons. The van der Waals surface area contributed by atoms with E-state index in [0.717, 1.165) is 0 Å². The Labute approximate surface area is 130 Å². The van der Waals surface area contributed by atoms with Crippen molar-refractivity contribution in [2.75, 3.05) is 0 Å². The van der Waals surface area contributed by atoms with Gasteiger partial charge in [0.05, 0.1) is 16.3 Å². The Hall–Kier alpha value is -1.88. The van der Waals surface area contributed by atoms with E-state index < -0.39 is 52.1 Å². The first-order valence-electron chi connectivity index (χ1n) is 5.36. The fraction of sp³-hybridized carbons (Fsp3) is 0.400. The van der Waals surface area contributed by atoms with Gasteiger partial charge in [0.25, 0.3) is 0 Å². The van der Waals surface area contributed by atoms with E-state index in [9.17, 15) is 43.9 Å². The van der Waals surface area contributed by atoms with Gasteiger partial charge in [0.1, 0.15) is 0 Å². The zero-order valence-electron chi connectivity index (χ0n) is 10.7. The summed E-state index contributed by atoms with van der Waals surface area (Å²) in [6.45, 7) is 0. The van der Waals surface area contributed by atoms with Crippen LogP contribution in [0.1, 0.15) is 11.1 Å². The lowest BCUT2D eigenvalue weighted by Crippen LogP contribution is -2.50. The summed E-state index contributed by atoms with van der Waals surface area (Å²) in [6.07, 6.45) is -18.8. The quantitative estimate of drug-likeness (QED) is 0.237. The Morgan fingerprint density at radius 3 is 1.67 bits per heavy atom. The molecule has 0 spiro atoms. The number of hydrogen-bond acceptors (Lipinski definition) is 1. The van der Waals surface area contributed by atoms with Crippen LogP contribution in [0.4, 0.5) is 49.6 Å². The molecule has 0 unspecified atom stereocenters. The summed E-state index contributed by atoms with van der Waals surface area (Å²) in [6, 6.07) is -1.08. The summed E-state index contributed by atoms with van der Waals surface area (Å²) in [4.78, 5) is 1.93. The summed E-state index contributed by atoms with van der Waals surface area (Å²) >= 11 is 5.16. The molecule has 0 N–H and O–H groups in total. The van der Waals surface area contributed by atoms with Crippen LogP contribution >= 0.6 is 11.6 Å². The van der Waals surface area contributed by atoms with Crippen LogP contribution in [-0.2, 0) is 11.8 Å². The van der Waals surface area contributed by atoms with Gasteiger partial charge in [-0.2, -0.15) is 39.5 Å². The topological polar surface area (TPSA) is 48.8 Å². The first-order valence-corrected chi connectivity index (χ1v) is 5.74. The smallest absolute Gasteiger partial charge is 0.218 e. The number of azide groups is 1. The third-order valence-corrected chi connectivity index (χ3v) is 2.98. The molecule has 0 atom stereocenters. The van der Waals surface area contributed by atoms with E-state index in [1.807, 2.05) is 4.91 Å². The number of rotatable bonds is 2. The normalized spacial score (nSPS) is 13.6. The highest BCUT2D eigenvalue weighted by molar-refractivity contribution is 6.33. The van der Waals surface area contributed by atoms with Gasteiger partial charge in [-0.1, -0.05) is 16.7 Å². The second-order valence-corrected chi connectivity index (χ2v) is 4.60. The average molecular weight is 390 g/mol. The highest BCUT2D eigenvalue weighted by Crippen LogP contribution is 2.55. The second kappa shape index (κ2) is 5.88.